The molecule has 1 amide bonds. The van der Waals surface area contributed by atoms with E-state index in [1.807, 2.05) is 6.07 Å². The van der Waals surface area contributed by atoms with Crippen LogP contribution in [0.15, 0.2) is 36.4 Å². The number of carbonyl (C=O) groups excluding carboxylic acids is 1. The second-order valence-corrected chi connectivity index (χ2v) is 11.9. The Kier molecular flexibility index (Phi) is 5.03. The lowest BCUT2D eigenvalue weighted by molar-refractivity contribution is -0.197. The first kappa shape index (κ1) is 24.3. The minimum atomic E-state index is -4.48. The molecule has 6 nitrogen and oxygen atoms in total. The summed E-state index contributed by atoms with van der Waals surface area (Å²) < 4.78 is 45.7. The highest BCUT2D eigenvalue weighted by Gasteiger charge is 2.73. The Morgan fingerprint density at radius 2 is 1.87 bits per heavy atom. The molecule has 1 unspecified atom stereocenters. The second kappa shape index (κ2) is 7.88. The summed E-state index contributed by atoms with van der Waals surface area (Å²) in [5.41, 5.74) is -0.510. The van der Waals surface area contributed by atoms with Crippen LogP contribution in [0.2, 0.25) is 0 Å². The zero-order valence-corrected chi connectivity index (χ0v) is 21.2. The number of aliphatic hydroxyl groups is 1. The molecule has 2 aliphatic heterocycles. The summed E-state index contributed by atoms with van der Waals surface area (Å²) >= 11 is 0. The van der Waals surface area contributed by atoms with Gasteiger partial charge in [0.2, 0.25) is 0 Å². The number of halogens is 3. The van der Waals surface area contributed by atoms with Crippen molar-refractivity contribution in [2.24, 2.45) is 5.92 Å². The highest BCUT2D eigenvalue weighted by Crippen LogP contribution is 2.66. The molecule has 7 rings (SSSR count). The lowest BCUT2D eigenvalue weighted by atomic mass is 9.48. The number of hydrogen-bond acceptors (Lipinski definition) is 5. The molecule has 5 atom stereocenters. The molecule has 2 saturated carbocycles. The molecule has 0 aromatic heterocycles. The van der Waals surface area contributed by atoms with Crippen molar-refractivity contribution < 1.29 is 32.9 Å². The summed E-state index contributed by atoms with van der Waals surface area (Å²) in [4.78, 5) is 17.5. The van der Waals surface area contributed by atoms with Crippen LogP contribution in [0.4, 0.5) is 13.2 Å². The van der Waals surface area contributed by atoms with E-state index in [1.165, 1.54) is 25.0 Å². The molecule has 2 heterocycles. The van der Waals surface area contributed by atoms with E-state index in [0.717, 1.165) is 36.3 Å². The molecule has 2 bridgehead atoms. The van der Waals surface area contributed by atoms with Crippen LogP contribution in [-0.2, 0) is 18.0 Å². The van der Waals surface area contributed by atoms with Crippen molar-refractivity contribution in [2.75, 3.05) is 20.1 Å². The van der Waals surface area contributed by atoms with Gasteiger partial charge in [-0.3, -0.25) is 9.69 Å². The van der Waals surface area contributed by atoms with E-state index >= 15 is 0 Å². The fourth-order valence-electron chi connectivity index (χ4n) is 8.01. The third-order valence-electron chi connectivity index (χ3n) is 10.0. The van der Waals surface area contributed by atoms with Crippen molar-refractivity contribution >= 4 is 5.91 Å². The summed E-state index contributed by atoms with van der Waals surface area (Å²) in [5, 5.41) is 23.3. The zero-order valence-electron chi connectivity index (χ0n) is 21.2. The van der Waals surface area contributed by atoms with Crippen LogP contribution in [-0.4, -0.2) is 69.8 Å². The molecular weight excluding hydrogens is 497 g/mol. The predicted octanol–water partition coefficient (Wildman–Crippen LogP) is 4.12. The Hall–Kier alpha value is -2.78. The third-order valence-corrected chi connectivity index (χ3v) is 10.0. The van der Waals surface area contributed by atoms with Gasteiger partial charge in [0.15, 0.2) is 11.5 Å². The summed E-state index contributed by atoms with van der Waals surface area (Å²) in [7, 11) is 1.65. The van der Waals surface area contributed by atoms with E-state index in [1.54, 1.807) is 18.0 Å². The largest absolute Gasteiger partial charge is 0.504 e. The molecule has 1 saturated heterocycles. The Labute approximate surface area is 219 Å². The van der Waals surface area contributed by atoms with Gasteiger partial charge in [0, 0.05) is 30.8 Å². The SMILES string of the molecule is CN(C(=O)c1ccc(C(F)(F)F)cc1)[C@@H]1CC[C@@]2(O)[C@H]3Cc4ccc(O)c5c4C2(CCN3CC2CC2)[C@H]1O5. The van der Waals surface area contributed by atoms with Crippen LogP contribution in [0, 0.1) is 5.92 Å². The molecule has 1 spiro atoms. The number of likely N-dealkylation sites (tertiary alicyclic amines) is 1. The average molecular weight is 529 g/mol. The number of piperidine rings is 1. The fourth-order valence-corrected chi connectivity index (χ4v) is 8.01. The number of phenolic OH excluding ortho intramolecular Hbond substituents is 1. The molecule has 5 aliphatic rings. The van der Waals surface area contributed by atoms with Gasteiger partial charge in [-0.15, -0.1) is 0 Å². The zero-order chi connectivity index (χ0) is 26.6. The molecule has 2 N–H and O–H groups in total. The van der Waals surface area contributed by atoms with Crippen LogP contribution >= 0.6 is 0 Å². The molecule has 202 valence electrons. The molecule has 2 aromatic carbocycles. The highest BCUT2D eigenvalue weighted by molar-refractivity contribution is 5.94. The number of ether oxygens (including phenoxy) is 1. The lowest BCUT2D eigenvalue weighted by Gasteiger charge is -2.64. The summed E-state index contributed by atoms with van der Waals surface area (Å²) in [6.45, 7) is 1.78. The van der Waals surface area contributed by atoms with Crippen molar-refractivity contribution in [2.45, 2.75) is 73.9 Å². The number of carbonyl (C=O) groups is 1. The lowest BCUT2D eigenvalue weighted by Crippen LogP contribution is -2.78. The maximum absolute atomic E-state index is 13.5. The normalized spacial score (nSPS) is 33.4. The number of phenols is 1. The first-order chi connectivity index (χ1) is 18.0. The van der Waals surface area contributed by atoms with E-state index in [-0.39, 0.29) is 17.4 Å². The average Bonchev–Trinajstić information content (AvgIpc) is 3.63. The van der Waals surface area contributed by atoms with Crippen LogP contribution in [0.3, 0.4) is 0 Å². The number of amides is 1. The van der Waals surface area contributed by atoms with Crippen LogP contribution in [0.1, 0.15) is 59.2 Å². The summed E-state index contributed by atoms with van der Waals surface area (Å²) in [6.07, 6.45) is -0.286. The third kappa shape index (κ3) is 3.18. The fraction of sp³-hybridized carbons (Fsp3) is 0.552. The number of alkyl halides is 3. The number of likely N-dealkylation sites (N-methyl/N-ethyl adjacent to an activating group) is 1. The minimum absolute atomic E-state index is 0.0317. The topological polar surface area (TPSA) is 73.2 Å². The first-order valence-corrected chi connectivity index (χ1v) is 13.5. The van der Waals surface area contributed by atoms with E-state index in [2.05, 4.69) is 4.90 Å². The van der Waals surface area contributed by atoms with Gasteiger partial charge in [0.1, 0.15) is 6.10 Å². The van der Waals surface area contributed by atoms with E-state index in [4.69, 9.17) is 4.74 Å². The van der Waals surface area contributed by atoms with E-state index in [0.29, 0.717) is 37.4 Å². The quantitative estimate of drug-likeness (QED) is 0.625. The molecule has 0 radical (unpaired) electrons. The first-order valence-electron chi connectivity index (χ1n) is 13.5. The van der Waals surface area contributed by atoms with Gasteiger partial charge in [-0.05, 0) is 86.9 Å². The number of hydrogen-bond donors (Lipinski definition) is 2. The number of benzene rings is 2. The van der Waals surface area contributed by atoms with Crippen LogP contribution in [0.5, 0.6) is 11.5 Å². The molecule has 3 fully saturated rings. The van der Waals surface area contributed by atoms with Crippen molar-refractivity contribution in [3.8, 4) is 11.5 Å². The monoisotopic (exact) mass is 528 g/mol. The van der Waals surface area contributed by atoms with E-state index in [9.17, 15) is 28.2 Å². The highest BCUT2D eigenvalue weighted by atomic mass is 19.4. The molecule has 9 heteroatoms. The summed E-state index contributed by atoms with van der Waals surface area (Å²) in [6, 6.07) is 7.37. The smallest absolute Gasteiger partial charge is 0.416 e. The predicted molar refractivity (Wildman–Crippen MR) is 132 cm³/mol. The molecule has 2 aromatic rings. The van der Waals surface area contributed by atoms with Crippen molar-refractivity contribution in [3.63, 3.8) is 0 Å². The van der Waals surface area contributed by atoms with Crippen molar-refractivity contribution in [3.05, 3.63) is 58.7 Å². The van der Waals surface area contributed by atoms with E-state index < -0.39 is 40.8 Å². The molecule has 38 heavy (non-hydrogen) atoms. The Bertz CT molecular complexity index is 1310. The van der Waals surface area contributed by atoms with Crippen molar-refractivity contribution in [1.29, 1.82) is 0 Å². The Morgan fingerprint density at radius 3 is 2.55 bits per heavy atom. The van der Waals surface area contributed by atoms with Crippen molar-refractivity contribution in [1.82, 2.24) is 9.80 Å². The van der Waals surface area contributed by atoms with Gasteiger partial charge in [0.25, 0.3) is 5.91 Å². The second-order valence-electron chi connectivity index (χ2n) is 11.9. The van der Waals surface area contributed by atoms with Gasteiger partial charge in [0.05, 0.1) is 22.6 Å². The number of rotatable bonds is 4. The Balaban J connectivity index is 1.26. The van der Waals surface area contributed by atoms with Gasteiger partial charge < -0.3 is 19.8 Å². The number of nitrogens with zero attached hydrogens (tertiary/aromatic N) is 2. The summed E-state index contributed by atoms with van der Waals surface area (Å²) in [5.74, 6) is 0.725. The maximum Gasteiger partial charge on any atom is 0.416 e. The maximum atomic E-state index is 13.5. The van der Waals surface area contributed by atoms with Gasteiger partial charge in [-0.1, -0.05) is 6.07 Å². The van der Waals surface area contributed by atoms with Crippen LogP contribution in [0.25, 0.3) is 0 Å². The molecular formula is C29H31F3N2O4. The minimum Gasteiger partial charge on any atom is -0.504 e. The van der Waals surface area contributed by atoms with Gasteiger partial charge >= 0.3 is 6.18 Å². The standard InChI is InChI=1S/C29H31F3N2O4/c1-33(26(36)17-4-7-19(8-5-17)29(30,31)32)20-10-11-28(37)22-14-18-6-9-21(35)24-23(18)27(28,25(20)38-24)12-13-34(22)15-16-2-3-16/h4-9,16,20,22,25,35,37H,2-3,10-15H2,1H3/t20-,22-,25+,27?,28-/m1/s1. The van der Waals surface area contributed by atoms with Gasteiger partial charge in [-0.25, -0.2) is 0 Å². The Morgan fingerprint density at radius 1 is 1.13 bits per heavy atom. The van der Waals surface area contributed by atoms with Gasteiger partial charge in [-0.2, -0.15) is 13.2 Å². The number of aromatic hydroxyl groups is 1. The van der Waals surface area contributed by atoms with Crippen LogP contribution < -0.4 is 4.74 Å². The molecule has 3 aliphatic carbocycles.